The number of carbonyl (C=O) groups excluding carboxylic acids is 1. The molecule has 3 aliphatic heterocycles. The Balaban J connectivity index is 1.74. The van der Waals surface area contributed by atoms with Crippen molar-refractivity contribution in [2.45, 2.75) is 37.8 Å². The van der Waals surface area contributed by atoms with Crippen molar-refractivity contribution in [2.75, 3.05) is 26.2 Å². The topological polar surface area (TPSA) is 102 Å². The number of nitrogens with one attached hydrogen (secondary N) is 2. The molecule has 7 nitrogen and oxygen atoms in total. The van der Waals surface area contributed by atoms with Gasteiger partial charge < -0.3 is 25.7 Å². The van der Waals surface area contributed by atoms with Gasteiger partial charge in [-0.1, -0.05) is 0 Å². The van der Waals surface area contributed by atoms with Gasteiger partial charge in [-0.15, -0.1) is 0 Å². The number of carboxylic acids is 1. The first-order valence-corrected chi connectivity index (χ1v) is 7.07. The third-order valence-corrected chi connectivity index (χ3v) is 4.13. The molecule has 0 radical (unpaired) electrons. The molecule has 2 atom stereocenters. The molecule has 2 amide bonds. The first-order chi connectivity index (χ1) is 9.35. The zero-order valence-electron chi connectivity index (χ0n) is 11.8. The zero-order chi connectivity index (χ0) is 14.8. The highest BCUT2D eigenvalue weighted by molar-refractivity contribution is 5.74. The minimum Gasteiger partial charge on any atom is -0.481 e. The highest BCUT2D eigenvalue weighted by Gasteiger charge is 2.35. The summed E-state index contributed by atoms with van der Waals surface area (Å²) in [5.74, 6) is -0.556. The Hall–Kier alpha value is -1.34. The molecule has 0 aromatic rings. The van der Waals surface area contributed by atoms with Crippen molar-refractivity contribution < 1.29 is 19.8 Å². The number of carbonyl (C=O) groups is 2. The predicted octanol–water partition coefficient (Wildman–Crippen LogP) is -0.394. The summed E-state index contributed by atoms with van der Waals surface area (Å²) in [4.78, 5) is 24.7. The van der Waals surface area contributed by atoms with E-state index in [0.29, 0.717) is 5.92 Å². The summed E-state index contributed by atoms with van der Waals surface area (Å²) >= 11 is 0. The number of amides is 2. The Morgan fingerprint density at radius 2 is 2.00 bits per heavy atom. The molecule has 0 aliphatic carbocycles. The van der Waals surface area contributed by atoms with Gasteiger partial charge >= 0.3 is 12.0 Å². The molecule has 7 heteroatoms. The van der Waals surface area contributed by atoms with Gasteiger partial charge in [-0.25, -0.2) is 4.79 Å². The molecule has 3 heterocycles. The maximum atomic E-state index is 11.8. The normalized spacial score (nSPS) is 31.4. The van der Waals surface area contributed by atoms with Gasteiger partial charge in [-0.2, -0.15) is 0 Å². The van der Waals surface area contributed by atoms with Crippen LogP contribution in [0.25, 0.3) is 0 Å². The third-order valence-electron chi connectivity index (χ3n) is 4.13. The van der Waals surface area contributed by atoms with Crippen LogP contribution in [0.4, 0.5) is 4.79 Å². The minimum absolute atomic E-state index is 0.0771. The van der Waals surface area contributed by atoms with Crippen molar-refractivity contribution in [3.05, 3.63) is 0 Å². The second kappa shape index (κ2) is 5.97. The van der Waals surface area contributed by atoms with Gasteiger partial charge in [0.05, 0.1) is 12.0 Å². The molecule has 0 saturated carbocycles. The molecular formula is C13H23N3O4. The molecule has 0 aromatic heterocycles. The Kier molecular flexibility index (Phi) is 4.49. The van der Waals surface area contributed by atoms with E-state index in [-0.39, 0.29) is 18.6 Å². The standard InChI is InChI=1S/C13H23N3O4/c1-13(20,6-11(17)18)8-14-12(19)15-10-7-16-4-2-9(10)3-5-16/h9-10,20H,2-8H2,1H3,(H,17,18)(H2,14,15,19). The van der Waals surface area contributed by atoms with E-state index < -0.39 is 18.0 Å². The molecule has 3 aliphatic rings. The Bertz CT molecular complexity index is 378. The van der Waals surface area contributed by atoms with Crippen molar-refractivity contribution in [3.63, 3.8) is 0 Å². The monoisotopic (exact) mass is 285 g/mol. The number of carboxylic acid groups (broad SMARTS) is 1. The van der Waals surface area contributed by atoms with E-state index in [0.717, 1.165) is 32.5 Å². The number of hydrogen-bond acceptors (Lipinski definition) is 4. The lowest BCUT2D eigenvalue weighted by Gasteiger charge is -2.44. The average molecular weight is 285 g/mol. The van der Waals surface area contributed by atoms with Gasteiger partial charge in [0, 0.05) is 19.1 Å². The van der Waals surface area contributed by atoms with Crippen LogP contribution >= 0.6 is 0 Å². The molecule has 0 aromatic carbocycles. The Morgan fingerprint density at radius 3 is 2.50 bits per heavy atom. The zero-order valence-corrected chi connectivity index (χ0v) is 11.8. The Morgan fingerprint density at radius 1 is 1.35 bits per heavy atom. The minimum atomic E-state index is -1.43. The van der Waals surface area contributed by atoms with Crippen molar-refractivity contribution in [2.24, 2.45) is 5.92 Å². The number of urea groups is 1. The fraction of sp³-hybridized carbons (Fsp3) is 0.846. The molecule has 2 unspecified atom stereocenters. The summed E-state index contributed by atoms with van der Waals surface area (Å²) in [6.07, 6.45) is 1.83. The van der Waals surface area contributed by atoms with Crippen LogP contribution in [-0.2, 0) is 4.79 Å². The van der Waals surface area contributed by atoms with Crippen molar-refractivity contribution in [3.8, 4) is 0 Å². The summed E-state index contributed by atoms with van der Waals surface area (Å²) in [5, 5.41) is 23.9. The lowest BCUT2D eigenvalue weighted by atomic mass is 9.84. The first-order valence-electron chi connectivity index (χ1n) is 7.07. The lowest BCUT2D eigenvalue weighted by Crippen LogP contribution is -2.59. The molecule has 114 valence electrons. The molecule has 4 N–H and O–H groups in total. The fourth-order valence-corrected chi connectivity index (χ4v) is 3.01. The molecule has 20 heavy (non-hydrogen) atoms. The number of aliphatic hydroxyl groups is 1. The summed E-state index contributed by atoms with van der Waals surface area (Å²) in [6.45, 7) is 4.42. The molecular weight excluding hydrogens is 262 g/mol. The highest BCUT2D eigenvalue weighted by atomic mass is 16.4. The third kappa shape index (κ3) is 4.08. The van der Waals surface area contributed by atoms with E-state index in [4.69, 9.17) is 5.11 Å². The fourth-order valence-electron chi connectivity index (χ4n) is 3.01. The summed E-state index contributed by atoms with van der Waals surface area (Å²) < 4.78 is 0. The Labute approximate surface area is 118 Å². The van der Waals surface area contributed by atoms with Gasteiger partial charge in [0.2, 0.25) is 0 Å². The number of fused-ring (bicyclic) bond motifs is 3. The number of rotatable bonds is 5. The van der Waals surface area contributed by atoms with Crippen molar-refractivity contribution in [1.82, 2.24) is 15.5 Å². The van der Waals surface area contributed by atoms with Crippen molar-refractivity contribution >= 4 is 12.0 Å². The van der Waals surface area contributed by atoms with Crippen LogP contribution in [0.15, 0.2) is 0 Å². The summed E-state index contributed by atoms with van der Waals surface area (Å²) in [6, 6.07) is -0.184. The maximum absolute atomic E-state index is 11.8. The van der Waals surface area contributed by atoms with Crippen LogP contribution in [-0.4, -0.2) is 64.9 Å². The van der Waals surface area contributed by atoms with Crippen LogP contribution in [0.2, 0.25) is 0 Å². The smallest absolute Gasteiger partial charge is 0.315 e. The van der Waals surface area contributed by atoms with E-state index in [2.05, 4.69) is 15.5 Å². The van der Waals surface area contributed by atoms with Crippen LogP contribution < -0.4 is 10.6 Å². The van der Waals surface area contributed by atoms with Crippen LogP contribution in [0.5, 0.6) is 0 Å². The number of nitrogens with zero attached hydrogens (tertiary/aromatic N) is 1. The van der Waals surface area contributed by atoms with Gasteiger partial charge in [0.1, 0.15) is 0 Å². The highest BCUT2D eigenvalue weighted by Crippen LogP contribution is 2.27. The second-order valence-electron chi connectivity index (χ2n) is 6.14. The van der Waals surface area contributed by atoms with E-state index in [1.807, 2.05) is 0 Å². The lowest BCUT2D eigenvalue weighted by molar-refractivity contribution is -0.141. The van der Waals surface area contributed by atoms with Crippen LogP contribution in [0, 0.1) is 5.92 Å². The van der Waals surface area contributed by atoms with Gasteiger partial charge in [0.15, 0.2) is 0 Å². The maximum Gasteiger partial charge on any atom is 0.315 e. The average Bonchev–Trinajstić information content (AvgIpc) is 2.36. The molecule has 2 bridgehead atoms. The second-order valence-corrected chi connectivity index (χ2v) is 6.14. The first kappa shape index (κ1) is 15.1. The largest absolute Gasteiger partial charge is 0.481 e. The number of hydrogen-bond donors (Lipinski definition) is 4. The molecule has 3 saturated heterocycles. The molecule has 3 rings (SSSR count). The van der Waals surface area contributed by atoms with Crippen LogP contribution in [0.1, 0.15) is 26.2 Å². The quantitative estimate of drug-likeness (QED) is 0.551. The van der Waals surface area contributed by atoms with Crippen molar-refractivity contribution in [1.29, 1.82) is 0 Å². The number of aliphatic carboxylic acids is 1. The van der Waals surface area contributed by atoms with Gasteiger partial charge in [-0.05, 0) is 38.8 Å². The SMILES string of the molecule is CC(O)(CNC(=O)NC1CN2CCC1CC2)CC(=O)O. The van der Waals surface area contributed by atoms with Gasteiger partial charge in [-0.3, -0.25) is 4.79 Å². The van der Waals surface area contributed by atoms with E-state index in [9.17, 15) is 14.7 Å². The van der Waals surface area contributed by atoms with Crippen LogP contribution in [0.3, 0.4) is 0 Å². The molecule has 0 spiro atoms. The summed E-state index contributed by atoms with van der Waals surface area (Å²) in [5.41, 5.74) is -1.43. The van der Waals surface area contributed by atoms with E-state index >= 15 is 0 Å². The molecule has 3 fully saturated rings. The number of piperidine rings is 3. The summed E-state index contributed by atoms with van der Waals surface area (Å²) in [7, 11) is 0. The van der Waals surface area contributed by atoms with E-state index in [1.54, 1.807) is 0 Å². The van der Waals surface area contributed by atoms with Gasteiger partial charge in [0.25, 0.3) is 0 Å². The predicted molar refractivity (Wildman–Crippen MR) is 72.4 cm³/mol. The van der Waals surface area contributed by atoms with E-state index in [1.165, 1.54) is 6.92 Å².